The number of nitrogens with one attached hydrogen (secondary N) is 1. The van der Waals surface area contributed by atoms with Gasteiger partial charge in [0.1, 0.15) is 11.8 Å². The van der Waals surface area contributed by atoms with Gasteiger partial charge in [0.2, 0.25) is 15.9 Å². The minimum Gasteiger partial charge on any atom is -0.497 e. The lowest BCUT2D eigenvalue weighted by Crippen LogP contribution is -2.51. The largest absolute Gasteiger partial charge is 0.497 e. The fourth-order valence-corrected chi connectivity index (χ4v) is 5.71. The van der Waals surface area contributed by atoms with Crippen LogP contribution < -0.4 is 10.1 Å². The zero-order chi connectivity index (χ0) is 24.0. The SMILES string of the molecule is COc1cccc(NC(=O)[C@@H](c2ccccc2)N2CCN(S(=O)(=O)Cc3ccccc3)CC2)c1. The second kappa shape index (κ2) is 10.8. The van der Waals surface area contributed by atoms with Crippen LogP contribution in [-0.4, -0.2) is 56.8 Å². The normalized spacial score (nSPS) is 16.0. The smallest absolute Gasteiger partial charge is 0.246 e. The lowest BCUT2D eigenvalue weighted by molar-refractivity contribution is -0.122. The lowest BCUT2D eigenvalue weighted by atomic mass is 10.0. The van der Waals surface area contributed by atoms with Crippen molar-refractivity contribution in [1.29, 1.82) is 0 Å². The monoisotopic (exact) mass is 479 g/mol. The first-order valence-electron chi connectivity index (χ1n) is 11.2. The van der Waals surface area contributed by atoms with E-state index in [1.165, 1.54) is 4.31 Å². The molecule has 0 unspecified atom stereocenters. The number of sulfonamides is 1. The van der Waals surface area contributed by atoms with Crippen LogP contribution in [0.15, 0.2) is 84.9 Å². The first-order chi connectivity index (χ1) is 16.5. The van der Waals surface area contributed by atoms with E-state index in [0.717, 1.165) is 11.1 Å². The third-order valence-electron chi connectivity index (χ3n) is 5.92. The zero-order valence-electron chi connectivity index (χ0n) is 19.1. The number of rotatable bonds is 8. The predicted molar refractivity (Wildman–Crippen MR) is 133 cm³/mol. The van der Waals surface area contributed by atoms with E-state index in [4.69, 9.17) is 4.74 Å². The second-order valence-electron chi connectivity index (χ2n) is 8.21. The molecule has 1 atom stereocenters. The van der Waals surface area contributed by atoms with Crippen LogP contribution in [0.5, 0.6) is 5.75 Å². The minimum absolute atomic E-state index is 0.0215. The molecule has 1 heterocycles. The van der Waals surface area contributed by atoms with E-state index in [1.807, 2.05) is 83.8 Å². The molecule has 0 bridgehead atoms. The average Bonchev–Trinajstić information content (AvgIpc) is 2.86. The summed E-state index contributed by atoms with van der Waals surface area (Å²) in [5.74, 6) is 0.470. The number of nitrogens with zero attached hydrogens (tertiary/aromatic N) is 2. The Hall–Kier alpha value is -3.20. The third-order valence-corrected chi connectivity index (χ3v) is 7.77. The van der Waals surface area contributed by atoms with Gasteiger partial charge in [-0.15, -0.1) is 0 Å². The van der Waals surface area contributed by atoms with Crippen molar-refractivity contribution in [3.8, 4) is 5.75 Å². The zero-order valence-corrected chi connectivity index (χ0v) is 19.9. The number of anilines is 1. The van der Waals surface area contributed by atoms with Gasteiger partial charge in [0.25, 0.3) is 0 Å². The van der Waals surface area contributed by atoms with E-state index in [-0.39, 0.29) is 11.7 Å². The van der Waals surface area contributed by atoms with Gasteiger partial charge in [0, 0.05) is 37.9 Å². The summed E-state index contributed by atoms with van der Waals surface area (Å²) in [6, 6.07) is 25.5. The van der Waals surface area contributed by atoms with Gasteiger partial charge in [-0.3, -0.25) is 9.69 Å². The highest BCUT2D eigenvalue weighted by Gasteiger charge is 2.34. The highest BCUT2D eigenvalue weighted by molar-refractivity contribution is 7.88. The fourth-order valence-electron chi connectivity index (χ4n) is 4.19. The number of methoxy groups -OCH3 is 1. The molecule has 0 aromatic heterocycles. The van der Waals surface area contributed by atoms with Crippen LogP contribution in [-0.2, 0) is 20.6 Å². The molecule has 0 spiro atoms. The first-order valence-corrected chi connectivity index (χ1v) is 12.8. The molecule has 1 N–H and O–H groups in total. The van der Waals surface area contributed by atoms with Gasteiger partial charge in [-0.1, -0.05) is 66.7 Å². The van der Waals surface area contributed by atoms with Crippen LogP contribution in [0.2, 0.25) is 0 Å². The Kier molecular flexibility index (Phi) is 7.62. The van der Waals surface area contributed by atoms with Crippen LogP contribution in [0.3, 0.4) is 0 Å². The molecule has 1 saturated heterocycles. The van der Waals surface area contributed by atoms with Gasteiger partial charge in [0.05, 0.1) is 12.9 Å². The quantitative estimate of drug-likeness (QED) is 0.535. The highest BCUT2D eigenvalue weighted by Crippen LogP contribution is 2.26. The molecule has 34 heavy (non-hydrogen) atoms. The number of ether oxygens (including phenoxy) is 1. The maximum atomic E-state index is 13.4. The molecule has 0 aliphatic carbocycles. The number of carbonyl (C=O) groups excluding carboxylic acids is 1. The Morgan fingerprint density at radius 1 is 0.912 bits per heavy atom. The molecule has 178 valence electrons. The summed E-state index contributed by atoms with van der Waals surface area (Å²) in [6.07, 6.45) is 0. The van der Waals surface area contributed by atoms with Crippen molar-refractivity contribution in [2.45, 2.75) is 11.8 Å². The number of hydrogen-bond donors (Lipinski definition) is 1. The number of hydrogen-bond acceptors (Lipinski definition) is 5. The summed E-state index contributed by atoms with van der Waals surface area (Å²) in [4.78, 5) is 15.4. The van der Waals surface area contributed by atoms with Gasteiger partial charge in [-0.05, 0) is 23.3 Å². The predicted octanol–water partition coefficient (Wildman–Crippen LogP) is 3.52. The van der Waals surface area contributed by atoms with E-state index in [1.54, 1.807) is 13.2 Å². The van der Waals surface area contributed by atoms with Crippen LogP contribution >= 0.6 is 0 Å². The van der Waals surface area contributed by atoms with Crippen molar-refractivity contribution in [2.75, 3.05) is 38.6 Å². The molecule has 1 aliphatic rings. The van der Waals surface area contributed by atoms with Crippen LogP contribution in [0.4, 0.5) is 5.69 Å². The van der Waals surface area contributed by atoms with E-state index < -0.39 is 16.1 Å². The summed E-state index contributed by atoms with van der Waals surface area (Å²) in [6.45, 7) is 1.59. The van der Waals surface area contributed by atoms with Gasteiger partial charge < -0.3 is 10.1 Å². The molecule has 1 fully saturated rings. The Labute approximate surface area is 201 Å². The van der Waals surface area contributed by atoms with Crippen molar-refractivity contribution in [3.63, 3.8) is 0 Å². The van der Waals surface area contributed by atoms with Crippen LogP contribution in [0.25, 0.3) is 0 Å². The number of carbonyl (C=O) groups is 1. The van der Waals surface area contributed by atoms with Crippen molar-refractivity contribution < 1.29 is 17.9 Å². The summed E-state index contributed by atoms with van der Waals surface area (Å²) < 4.78 is 32.7. The number of amides is 1. The van der Waals surface area contributed by atoms with Gasteiger partial charge in [0.15, 0.2) is 0 Å². The van der Waals surface area contributed by atoms with Crippen molar-refractivity contribution in [1.82, 2.24) is 9.21 Å². The summed E-state index contributed by atoms with van der Waals surface area (Å²) >= 11 is 0. The highest BCUT2D eigenvalue weighted by atomic mass is 32.2. The van der Waals surface area contributed by atoms with E-state index in [9.17, 15) is 13.2 Å². The molecule has 1 amide bonds. The fraction of sp³-hybridized carbons (Fsp3) is 0.269. The maximum Gasteiger partial charge on any atom is 0.246 e. The molecular formula is C26H29N3O4S. The van der Waals surface area contributed by atoms with E-state index >= 15 is 0 Å². The standard InChI is InChI=1S/C26H29N3O4S/c1-33-24-14-8-13-23(19-24)27-26(30)25(22-11-6-3-7-12-22)28-15-17-29(18-16-28)34(31,32)20-21-9-4-2-5-10-21/h2-14,19,25H,15-18,20H2,1H3,(H,27,30)/t25-/m1/s1. The Morgan fingerprint density at radius 3 is 2.21 bits per heavy atom. The first kappa shape index (κ1) is 23.9. The van der Waals surface area contributed by atoms with Gasteiger partial charge >= 0.3 is 0 Å². The van der Waals surface area contributed by atoms with Gasteiger partial charge in [-0.25, -0.2) is 8.42 Å². The Bertz CT molecular complexity index is 1190. The van der Waals surface area contributed by atoms with Crippen LogP contribution in [0.1, 0.15) is 17.2 Å². The molecule has 0 saturated carbocycles. The Balaban J connectivity index is 1.48. The molecule has 1 aliphatic heterocycles. The number of piperazine rings is 1. The van der Waals surface area contributed by atoms with Crippen molar-refractivity contribution >= 4 is 21.6 Å². The molecule has 8 heteroatoms. The topological polar surface area (TPSA) is 79.0 Å². The Morgan fingerprint density at radius 2 is 1.56 bits per heavy atom. The van der Waals surface area contributed by atoms with Crippen molar-refractivity contribution in [3.05, 3.63) is 96.1 Å². The summed E-state index contributed by atoms with van der Waals surface area (Å²) in [5.41, 5.74) is 2.28. The maximum absolute atomic E-state index is 13.4. The second-order valence-corrected chi connectivity index (χ2v) is 10.2. The van der Waals surface area contributed by atoms with E-state index in [2.05, 4.69) is 5.32 Å². The van der Waals surface area contributed by atoms with E-state index in [0.29, 0.717) is 37.6 Å². The lowest BCUT2D eigenvalue weighted by Gasteiger charge is -2.38. The third kappa shape index (κ3) is 5.83. The molecule has 0 radical (unpaired) electrons. The van der Waals surface area contributed by atoms with Gasteiger partial charge in [-0.2, -0.15) is 4.31 Å². The minimum atomic E-state index is -3.43. The summed E-state index contributed by atoms with van der Waals surface area (Å²) in [7, 11) is -1.85. The molecule has 4 rings (SSSR count). The molecule has 3 aromatic carbocycles. The molecule has 7 nitrogen and oxygen atoms in total. The summed E-state index contributed by atoms with van der Waals surface area (Å²) in [5, 5.41) is 2.99. The average molecular weight is 480 g/mol. The molecule has 3 aromatic rings. The number of benzene rings is 3. The van der Waals surface area contributed by atoms with Crippen LogP contribution in [0, 0.1) is 0 Å². The van der Waals surface area contributed by atoms with Crippen molar-refractivity contribution in [2.24, 2.45) is 0 Å². The molecular weight excluding hydrogens is 450 g/mol.